The van der Waals surface area contributed by atoms with Gasteiger partial charge in [-0.15, -0.1) is 0 Å². The van der Waals surface area contributed by atoms with E-state index in [1.54, 1.807) is 24.3 Å². The summed E-state index contributed by atoms with van der Waals surface area (Å²) in [6.45, 7) is 0. The molecule has 0 aromatic heterocycles. The van der Waals surface area contributed by atoms with Crippen molar-refractivity contribution in [1.29, 1.82) is 0 Å². The van der Waals surface area contributed by atoms with Gasteiger partial charge in [0.1, 0.15) is 5.75 Å². The van der Waals surface area contributed by atoms with Crippen molar-refractivity contribution >= 4 is 16.7 Å². The molecule has 0 aliphatic carbocycles. The Morgan fingerprint density at radius 3 is 2.53 bits per heavy atom. The zero-order chi connectivity index (χ0) is 11.3. The number of rotatable bonds is 4. The summed E-state index contributed by atoms with van der Waals surface area (Å²) in [5, 5.41) is 1.07. The van der Waals surface area contributed by atoms with Crippen molar-refractivity contribution < 1.29 is 13.8 Å². The predicted octanol–water partition coefficient (Wildman–Crippen LogP) is 0.814. The van der Waals surface area contributed by atoms with Crippen LogP contribution in [-0.2, 0) is 20.4 Å². The molecule has 0 saturated carbocycles. The van der Waals surface area contributed by atoms with Crippen LogP contribution in [0, 0.1) is 0 Å². The zero-order valence-corrected chi connectivity index (χ0v) is 9.49. The molecular weight excluding hydrogens is 214 g/mol. The van der Waals surface area contributed by atoms with Gasteiger partial charge in [0.2, 0.25) is 0 Å². The maximum absolute atomic E-state index is 11.7. The Hall–Kier alpha value is -1.20. The van der Waals surface area contributed by atoms with Gasteiger partial charge >= 0.3 is 0 Å². The van der Waals surface area contributed by atoms with Crippen molar-refractivity contribution in [3.8, 4) is 0 Å². The summed E-state index contributed by atoms with van der Waals surface area (Å²) in [5.74, 6) is -0.367. The number of hydrogen-bond donors (Lipinski definition) is 0. The summed E-state index contributed by atoms with van der Waals surface area (Å²) in [7, 11) is 1.58. The molecule has 0 aliphatic heterocycles. The Morgan fingerprint density at radius 2 is 2.00 bits per heavy atom. The van der Waals surface area contributed by atoms with Crippen LogP contribution in [0.25, 0.3) is 0 Å². The summed E-state index contributed by atoms with van der Waals surface area (Å²) >= 11 is 0. The highest BCUT2D eigenvalue weighted by Crippen LogP contribution is 2.05. The maximum Gasteiger partial charge on any atom is 0.258 e. The molecule has 1 amide bonds. The number of benzene rings is 1. The van der Waals surface area contributed by atoms with E-state index in [4.69, 9.17) is 4.84 Å². The third-order valence-electron chi connectivity index (χ3n) is 1.89. The van der Waals surface area contributed by atoms with Gasteiger partial charge in [0, 0.05) is 11.9 Å². The predicted molar refractivity (Wildman–Crippen MR) is 57.5 cm³/mol. The van der Waals surface area contributed by atoms with Gasteiger partial charge < -0.3 is 0 Å². The fourth-order valence-electron chi connectivity index (χ4n) is 0.960. The van der Waals surface area contributed by atoms with Crippen LogP contribution in [-0.4, -0.2) is 35.1 Å². The largest absolute Gasteiger partial charge is 0.275 e. The molecule has 15 heavy (non-hydrogen) atoms. The Morgan fingerprint density at radius 1 is 1.40 bits per heavy atom. The molecule has 1 atom stereocenters. The third kappa shape index (κ3) is 3.45. The second-order valence-electron chi connectivity index (χ2n) is 2.88. The van der Waals surface area contributed by atoms with Gasteiger partial charge in [0.15, 0.2) is 0 Å². The minimum absolute atomic E-state index is 0.0612. The first-order valence-electron chi connectivity index (χ1n) is 4.39. The van der Waals surface area contributed by atoms with Crippen LogP contribution in [0.5, 0.6) is 0 Å². The molecule has 4 nitrogen and oxygen atoms in total. The molecule has 0 unspecified atom stereocenters. The van der Waals surface area contributed by atoms with Crippen LogP contribution in [0.3, 0.4) is 0 Å². The first kappa shape index (κ1) is 11.9. The summed E-state index contributed by atoms with van der Waals surface area (Å²) < 4.78 is 11.7. The number of hydroxylamine groups is 2. The molecule has 5 heteroatoms. The standard InChI is InChI=1S/C10H13NO3S/c1-11(14-2)10(12)8-15(13)9-6-4-3-5-7-9/h3-7H,8H2,1-2H3/t15-/m0/s1. The van der Waals surface area contributed by atoms with Crippen molar-refractivity contribution in [2.45, 2.75) is 4.90 Å². The first-order valence-corrected chi connectivity index (χ1v) is 5.71. The molecule has 0 radical (unpaired) electrons. The van der Waals surface area contributed by atoms with Crippen LogP contribution in [0.15, 0.2) is 35.2 Å². The van der Waals surface area contributed by atoms with Crippen molar-refractivity contribution in [3.05, 3.63) is 30.3 Å². The van der Waals surface area contributed by atoms with Crippen LogP contribution < -0.4 is 0 Å². The molecule has 1 aromatic carbocycles. The molecule has 0 bridgehead atoms. The second-order valence-corrected chi connectivity index (χ2v) is 4.33. The van der Waals surface area contributed by atoms with Gasteiger partial charge in [0.05, 0.1) is 17.9 Å². The fraction of sp³-hybridized carbons (Fsp3) is 0.300. The molecule has 1 rings (SSSR count). The van der Waals surface area contributed by atoms with E-state index in [-0.39, 0.29) is 11.7 Å². The zero-order valence-electron chi connectivity index (χ0n) is 8.67. The minimum atomic E-state index is -1.31. The third-order valence-corrected chi connectivity index (χ3v) is 3.19. The van der Waals surface area contributed by atoms with E-state index >= 15 is 0 Å². The molecule has 0 spiro atoms. The quantitative estimate of drug-likeness (QED) is 0.715. The van der Waals surface area contributed by atoms with Gasteiger partial charge in [-0.05, 0) is 12.1 Å². The van der Waals surface area contributed by atoms with E-state index in [1.165, 1.54) is 14.2 Å². The summed E-state index contributed by atoms with van der Waals surface area (Å²) in [4.78, 5) is 16.7. The van der Waals surface area contributed by atoms with Crippen LogP contribution in [0.1, 0.15) is 0 Å². The average molecular weight is 227 g/mol. The highest BCUT2D eigenvalue weighted by Gasteiger charge is 2.13. The molecule has 0 aliphatic rings. The Bertz CT molecular complexity index is 353. The minimum Gasteiger partial charge on any atom is -0.275 e. The number of hydrogen-bond acceptors (Lipinski definition) is 3. The average Bonchev–Trinajstić information content (AvgIpc) is 2.29. The molecule has 0 fully saturated rings. The normalized spacial score (nSPS) is 12.1. The van der Waals surface area contributed by atoms with E-state index < -0.39 is 10.8 Å². The second kappa shape index (κ2) is 5.63. The Labute approximate surface area is 91.3 Å². The summed E-state index contributed by atoms with van der Waals surface area (Å²) in [6, 6.07) is 8.88. The van der Waals surface area contributed by atoms with Crippen molar-refractivity contribution in [1.82, 2.24) is 5.06 Å². The van der Waals surface area contributed by atoms with Gasteiger partial charge in [-0.25, -0.2) is 5.06 Å². The van der Waals surface area contributed by atoms with Crippen LogP contribution in [0.2, 0.25) is 0 Å². The topological polar surface area (TPSA) is 46.6 Å². The van der Waals surface area contributed by atoms with Crippen molar-refractivity contribution in [2.75, 3.05) is 19.9 Å². The molecule has 0 saturated heterocycles. The monoisotopic (exact) mass is 227 g/mol. The fourth-order valence-corrected chi connectivity index (χ4v) is 1.99. The van der Waals surface area contributed by atoms with Gasteiger partial charge in [0.25, 0.3) is 5.91 Å². The van der Waals surface area contributed by atoms with Gasteiger partial charge in [-0.1, -0.05) is 18.2 Å². The molecular formula is C10H13NO3S. The lowest BCUT2D eigenvalue weighted by atomic mass is 10.4. The van der Waals surface area contributed by atoms with Gasteiger partial charge in [-0.3, -0.25) is 13.8 Å². The van der Waals surface area contributed by atoms with Crippen LogP contribution >= 0.6 is 0 Å². The van der Waals surface area contributed by atoms with Gasteiger partial charge in [-0.2, -0.15) is 0 Å². The van der Waals surface area contributed by atoms with Crippen LogP contribution in [0.4, 0.5) is 0 Å². The summed E-state index contributed by atoms with van der Waals surface area (Å²) in [5.41, 5.74) is 0. The Balaban J connectivity index is 2.61. The van der Waals surface area contributed by atoms with E-state index in [9.17, 15) is 9.00 Å². The first-order chi connectivity index (χ1) is 7.15. The van der Waals surface area contributed by atoms with Crippen molar-refractivity contribution in [3.63, 3.8) is 0 Å². The maximum atomic E-state index is 11.7. The highest BCUT2D eigenvalue weighted by atomic mass is 32.2. The SMILES string of the molecule is CON(C)C(=O)C[S@](=O)c1ccccc1. The smallest absolute Gasteiger partial charge is 0.258 e. The van der Waals surface area contributed by atoms with E-state index in [0.29, 0.717) is 4.90 Å². The van der Waals surface area contributed by atoms with Crippen molar-refractivity contribution in [2.24, 2.45) is 0 Å². The van der Waals surface area contributed by atoms with E-state index in [1.807, 2.05) is 6.07 Å². The molecule has 82 valence electrons. The lowest BCUT2D eigenvalue weighted by Gasteiger charge is -2.12. The lowest BCUT2D eigenvalue weighted by molar-refractivity contribution is -0.165. The highest BCUT2D eigenvalue weighted by molar-refractivity contribution is 7.85. The molecule has 0 N–H and O–H groups in total. The number of amides is 1. The Kier molecular flexibility index (Phi) is 4.45. The summed E-state index contributed by atoms with van der Waals surface area (Å²) in [6.07, 6.45) is 0. The van der Waals surface area contributed by atoms with E-state index in [2.05, 4.69) is 0 Å². The molecule has 0 heterocycles. The van der Waals surface area contributed by atoms with E-state index in [0.717, 1.165) is 5.06 Å². The number of carbonyl (C=O) groups is 1. The number of nitrogens with zero attached hydrogens (tertiary/aromatic N) is 1. The lowest BCUT2D eigenvalue weighted by Crippen LogP contribution is -2.29. The number of carbonyl (C=O) groups excluding carboxylic acids is 1. The molecule has 1 aromatic rings.